The standard InChI is InChI=1S/C17H24N2O4/c1-19(10-11-21-2)16(20)18-13-6-7-14-15(12-13)23-17(22-14)8-4-3-5-9-17/h6-7,12H,3-5,8-11H2,1-2H3,(H,18,20). The lowest BCUT2D eigenvalue weighted by Gasteiger charge is -2.31. The molecule has 0 radical (unpaired) electrons. The lowest BCUT2D eigenvalue weighted by Crippen LogP contribution is -2.40. The zero-order valence-corrected chi connectivity index (χ0v) is 13.8. The Bertz CT molecular complexity index is 570. The van der Waals surface area contributed by atoms with Gasteiger partial charge in [0.1, 0.15) is 0 Å². The number of ether oxygens (including phenoxy) is 3. The van der Waals surface area contributed by atoms with Crippen LogP contribution < -0.4 is 14.8 Å². The second-order valence-electron chi connectivity index (χ2n) is 6.18. The van der Waals surface area contributed by atoms with Crippen molar-refractivity contribution in [2.24, 2.45) is 0 Å². The predicted octanol–water partition coefficient (Wildman–Crippen LogP) is 3.23. The van der Waals surface area contributed by atoms with E-state index in [1.807, 2.05) is 18.2 Å². The Morgan fingerprint density at radius 1 is 1.26 bits per heavy atom. The van der Waals surface area contributed by atoms with E-state index in [1.54, 1.807) is 19.1 Å². The van der Waals surface area contributed by atoms with Gasteiger partial charge in [0.15, 0.2) is 11.5 Å². The largest absolute Gasteiger partial charge is 0.448 e. The summed E-state index contributed by atoms with van der Waals surface area (Å²) in [7, 11) is 3.35. The molecule has 3 rings (SSSR count). The molecule has 0 saturated heterocycles. The van der Waals surface area contributed by atoms with Crippen LogP contribution in [0.5, 0.6) is 11.5 Å². The molecule has 1 heterocycles. The average molecular weight is 320 g/mol. The maximum absolute atomic E-state index is 12.1. The molecule has 1 aromatic rings. The minimum absolute atomic E-state index is 0.173. The summed E-state index contributed by atoms with van der Waals surface area (Å²) in [5.74, 6) is 0.986. The fourth-order valence-corrected chi connectivity index (χ4v) is 3.01. The first-order valence-electron chi connectivity index (χ1n) is 8.15. The van der Waals surface area contributed by atoms with Crippen molar-refractivity contribution in [3.63, 3.8) is 0 Å². The number of anilines is 1. The van der Waals surface area contributed by atoms with Gasteiger partial charge in [-0.15, -0.1) is 0 Å². The summed E-state index contributed by atoms with van der Waals surface area (Å²) in [6.45, 7) is 1.05. The van der Waals surface area contributed by atoms with Crippen molar-refractivity contribution in [1.29, 1.82) is 0 Å². The van der Waals surface area contributed by atoms with Gasteiger partial charge in [0, 0.05) is 45.3 Å². The molecule has 0 bridgehead atoms. The number of carbonyl (C=O) groups is 1. The third-order valence-electron chi connectivity index (χ3n) is 4.38. The summed E-state index contributed by atoms with van der Waals surface area (Å²) in [5.41, 5.74) is 0.703. The van der Waals surface area contributed by atoms with Crippen LogP contribution in [0.3, 0.4) is 0 Å². The molecule has 0 aromatic heterocycles. The third-order valence-corrected chi connectivity index (χ3v) is 4.38. The summed E-state index contributed by atoms with van der Waals surface area (Å²) >= 11 is 0. The highest BCUT2D eigenvalue weighted by atomic mass is 16.7. The maximum Gasteiger partial charge on any atom is 0.321 e. The average Bonchev–Trinajstić information content (AvgIpc) is 2.89. The minimum Gasteiger partial charge on any atom is -0.448 e. The molecule has 1 aliphatic carbocycles. The van der Waals surface area contributed by atoms with E-state index in [9.17, 15) is 4.79 Å². The predicted molar refractivity (Wildman–Crippen MR) is 87.0 cm³/mol. The number of carbonyl (C=O) groups excluding carboxylic acids is 1. The molecule has 1 N–H and O–H groups in total. The monoisotopic (exact) mass is 320 g/mol. The number of likely N-dealkylation sites (N-methyl/N-ethyl adjacent to an activating group) is 1. The Morgan fingerprint density at radius 2 is 2.00 bits per heavy atom. The van der Waals surface area contributed by atoms with Crippen LogP contribution in [-0.4, -0.2) is 44.0 Å². The van der Waals surface area contributed by atoms with E-state index in [4.69, 9.17) is 14.2 Å². The Morgan fingerprint density at radius 3 is 2.74 bits per heavy atom. The van der Waals surface area contributed by atoms with Gasteiger partial charge < -0.3 is 24.4 Å². The van der Waals surface area contributed by atoms with E-state index >= 15 is 0 Å². The number of amides is 2. The van der Waals surface area contributed by atoms with Crippen LogP contribution in [0.25, 0.3) is 0 Å². The van der Waals surface area contributed by atoms with Gasteiger partial charge in [-0.1, -0.05) is 6.42 Å². The molecular weight excluding hydrogens is 296 g/mol. The Hall–Kier alpha value is -1.95. The van der Waals surface area contributed by atoms with Crippen molar-refractivity contribution in [3.8, 4) is 11.5 Å². The molecule has 6 nitrogen and oxygen atoms in total. The first kappa shape index (κ1) is 15.9. The Labute approximate surface area is 136 Å². The number of hydrogen-bond acceptors (Lipinski definition) is 4. The van der Waals surface area contributed by atoms with Crippen LogP contribution in [0.2, 0.25) is 0 Å². The number of hydrogen-bond donors (Lipinski definition) is 1. The van der Waals surface area contributed by atoms with Crippen molar-refractivity contribution >= 4 is 11.7 Å². The second-order valence-corrected chi connectivity index (χ2v) is 6.18. The fraction of sp³-hybridized carbons (Fsp3) is 0.588. The maximum atomic E-state index is 12.1. The lowest BCUT2D eigenvalue weighted by molar-refractivity contribution is -0.105. The number of fused-ring (bicyclic) bond motifs is 1. The quantitative estimate of drug-likeness (QED) is 0.925. The number of nitrogens with one attached hydrogen (secondary N) is 1. The van der Waals surface area contributed by atoms with Gasteiger partial charge in [0.25, 0.3) is 5.79 Å². The van der Waals surface area contributed by atoms with Crippen LogP contribution in [0.1, 0.15) is 32.1 Å². The number of benzene rings is 1. The Kier molecular flexibility index (Phi) is 4.61. The van der Waals surface area contributed by atoms with Gasteiger partial charge in [-0.05, 0) is 25.0 Å². The molecule has 23 heavy (non-hydrogen) atoms. The van der Waals surface area contributed by atoms with Gasteiger partial charge >= 0.3 is 6.03 Å². The molecule has 2 amide bonds. The highest BCUT2D eigenvalue weighted by Crippen LogP contribution is 2.46. The normalized spacial score (nSPS) is 18.0. The Balaban J connectivity index is 1.64. The van der Waals surface area contributed by atoms with Crippen molar-refractivity contribution in [3.05, 3.63) is 18.2 Å². The molecular formula is C17H24N2O4. The van der Waals surface area contributed by atoms with Gasteiger partial charge in [-0.2, -0.15) is 0 Å². The van der Waals surface area contributed by atoms with Crippen molar-refractivity contribution in [2.75, 3.05) is 32.6 Å². The molecule has 0 unspecified atom stereocenters. The minimum atomic E-state index is -0.488. The van der Waals surface area contributed by atoms with Crippen LogP contribution >= 0.6 is 0 Å². The summed E-state index contributed by atoms with van der Waals surface area (Å²) in [6, 6.07) is 5.37. The van der Waals surface area contributed by atoms with Gasteiger partial charge in [-0.3, -0.25) is 0 Å². The first-order chi connectivity index (χ1) is 11.1. The highest BCUT2D eigenvalue weighted by molar-refractivity contribution is 5.89. The molecule has 1 aromatic carbocycles. The smallest absolute Gasteiger partial charge is 0.321 e. The topological polar surface area (TPSA) is 60.0 Å². The molecule has 6 heteroatoms. The van der Waals surface area contributed by atoms with Gasteiger partial charge in [-0.25, -0.2) is 4.79 Å². The SMILES string of the molecule is COCCN(C)C(=O)Nc1ccc2c(c1)OC1(CCCCC1)O2. The van der Waals surface area contributed by atoms with Crippen molar-refractivity contribution < 1.29 is 19.0 Å². The van der Waals surface area contributed by atoms with Gasteiger partial charge in [0.2, 0.25) is 0 Å². The molecule has 1 aliphatic heterocycles. The van der Waals surface area contributed by atoms with Crippen molar-refractivity contribution in [2.45, 2.75) is 37.9 Å². The van der Waals surface area contributed by atoms with E-state index in [0.717, 1.165) is 31.4 Å². The number of urea groups is 1. The molecule has 0 atom stereocenters. The van der Waals surface area contributed by atoms with Gasteiger partial charge in [0.05, 0.1) is 6.61 Å². The molecule has 1 saturated carbocycles. The molecule has 1 spiro atoms. The fourth-order valence-electron chi connectivity index (χ4n) is 3.01. The summed E-state index contributed by atoms with van der Waals surface area (Å²) in [5, 5.41) is 2.87. The van der Waals surface area contributed by atoms with E-state index in [0.29, 0.717) is 24.6 Å². The number of rotatable bonds is 4. The van der Waals surface area contributed by atoms with Crippen molar-refractivity contribution in [1.82, 2.24) is 4.90 Å². The number of nitrogens with zero attached hydrogens (tertiary/aromatic N) is 1. The first-order valence-corrected chi connectivity index (χ1v) is 8.15. The molecule has 2 aliphatic rings. The second kappa shape index (κ2) is 6.66. The summed E-state index contributed by atoms with van der Waals surface area (Å²) in [6.07, 6.45) is 5.33. The van der Waals surface area contributed by atoms with E-state index in [1.165, 1.54) is 6.42 Å². The number of methoxy groups -OCH3 is 1. The van der Waals surface area contributed by atoms with Crippen LogP contribution in [0.4, 0.5) is 10.5 Å². The zero-order chi connectivity index (χ0) is 16.3. The summed E-state index contributed by atoms with van der Waals surface area (Å²) in [4.78, 5) is 13.7. The third kappa shape index (κ3) is 3.52. The molecule has 1 fully saturated rings. The van der Waals surface area contributed by atoms with E-state index in [2.05, 4.69) is 5.32 Å². The van der Waals surface area contributed by atoms with E-state index in [-0.39, 0.29) is 6.03 Å². The lowest BCUT2D eigenvalue weighted by atomic mass is 9.94. The molecule has 126 valence electrons. The highest BCUT2D eigenvalue weighted by Gasteiger charge is 2.42. The van der Waals surface area contributed by atoms with Crippen LogP contribution in [-0.2, 0) is 4.74 Å². The van der Waals surface area contributed by atoms with E-state index < -0.39 is 5.79 Å². The van der Waals surface area contributed by atoms with Crippen LogP contribution in [0.15, 0.2) is 18.2 Å². The zero-order valence-electron chi connectivity index (χ0n) is 13.8. The van der Waals surface area contributed by atoms with Crippen LogP contribution in [0, 0.1) is 0 Å². The summed E-state index contributed by atoms with van der Waals surface area (Å²) < 4.78 is 17.1.